The first-order valence-corrected chi connectivity index (χ1v) is 12.5. The normalized spacial score (nSPS) is 13.4. The molecular formula is C23H20BrN3O5S. The second-order valence-electron chi connectivity index (χ2n) is 7.58. The second-order valence-corrected chi connectivity index (χ2v) is 10.3. The minimum absolute atomic E-state index is 0.0722. The lowest BCUT2D eigenvalue weighted by atomic mass is 10.00. The molecule has 0 radical (unpaired) electrons. The van der Waals surface area contributed by atoms with Crippen molar-refractivity contribution >= 4 is 43.2 Å². The van der Waals surface area contributed by atoms with E-state index in [-0.39, 0.29) is 22.7 Å². The zero-order valence-electron chi connectivity index (χ0n) is 17.4. The van der Waals surface area contributed by atoms with Crippen molar-refractivity contribution in [1.82, 2.24) is 4.72 Å². The molecule has 0 aliphatic carbocycles. The Morgan fingerprint density at radius 3 is 2.55 bits per heavy atom. The molecule has 0 spiro atoms. The summed E-state index contributed by atoms with van der Waals surface area (Å²) in [5.74, 6) is -0.480. The third-order valence-corrected chi connectivity index (χ3v) is 7.38. The molecule has 3 aromatic rings. The summed E-state index contributed by atoms with van der Waals surface area (Å²) >= 11 is 3.26. The largest absolute Gasteiger partial charge is 0.308 e. The van der Waals surface area contributed by atoms with Crippen LogP contribution in [0.1, 0.15) is 27.9 Å². The number of fused-ring (bicyclic) bond motifs is 1. The van der Waals surface area contributed by atoms with Gasteiger partial charge in [-0.2, -0.15) is 0 Å². The SMILES string of the molecule is O=C(c1cc(CNS(=O)(=O)c2ccc(Br)cc2)ccc1[N+](=O)[O-])N1CCCc2ccccc21. The van der Waals surface area contributed by atoms with Crippen LogP contribution < -0.4 is 9.62 Å². The number of benzene rings is 3. The number of aryl methyl sites for hydroxylation is 1. The lowest BCUT2D eigenvalue weighted by Gasteiger charge is -2.29. The highest BCUT2D eigenvalue weighted by Crippen LogP contribution is 2.30. The van der Waals surface area contributed by atoms with Crippen molar-refractivity contribution in [1.29, 1.82) is 0 Å². The number of carbonyl (C=O) groups is 1. The summed E-state index contributed by atoms with van der Waals surface area (Å²) in [6, 6.07) is 17.7. The molecule has 170 valence electrons. The number of nitrogens with one attached hydrogen (secondary N) is 1. The van der Waals surface area contributed by atoms with Crippen LogP contribution in [0, 0.1) is 10.1 Å². The molecule has 0 atom stereocenters. The highest BCUT2D eigenvalue weighted by Gasteiger charge is 2.29. The number of carbonyl (C=O) groups excluding carboxylic acids is 1. The summed E-state index contributed by atoms with van der Waals surface area (Å²) in [7, 11) is -3.80. The molecule has 0 saturated carbocycles. The number of hydrogen-bond acceptors (Lipinski definition) is 5. The summed E-state index contributed by atoms with van der Waals surface area (Å²) in [6.45, 7) is 0.334. The lowest BCUT2D eigenvalue weighted by molar-refractivity contribution is -0.385. The van der Waals surface area contributed by atoms with Gasteiger partial charge in [-0.05, 0) is 60.4 Å². The third-order valence-electron chi connectivity index (χ3n) is 5.43. The van der Waals surface area contributed by atoms with E-state index in [1.807, 2.05) is 24.3 Å². The summed E-state index contributed by atoms with van der Waals surface area (Å²) < 4.78 is 28.4. The van der Waals surface area contributed by atoms with Crippen molar-refractivity contribution in [2.24, 2.45) is 0 Å². The van der Waals surface area contributed by atoms with E-state index in [4.69, 9.17) is 0 Å². The Hall–Kier alpha value is -3.08. The fourth-order valence-electron chi connectivity index (χ4n) is 3.79. The molecule has 1 amide bonds. The molecule has 0 unspecified atom stereocenters. The van der Waals surface area contributed by atoms with E-state index in [2.05, 4.69) is 20.7 Å². The number of para-hydroxylation sites is 1. The van der Waals surface area contributed by atoms with E-state index >= 15 is 0 Å². The molecule has 0 saturated heterocycles. The van der Waals surface area contributed by atoms with Gasteiger partial charge in [0.2, 0.25) is 10.0 Å². The summed E-state index contributed by atoms with van der Waals surface area (Å²) in [6.07, 6.45) is 1.59. The number of amides is 1. The van der Waals surface area contributed by atoms with Crippen molar-refractivity contribution in [3.8, 4) is 0 Å². The number of nitro benzene ring substituents is 1. The number of anilines is 1. The smallest absolute Gasteiger partial charge is 0.282 e. The number of halogens is 1. The third kappa shape index (κ3) is 4.97. The quantitative estimate of drug-likeness (QED) is 0.375. The van der Waals surface area contributed by atoms with E-state index in [9.17, 15) is 23.3 Å². The van der Waals surface area contributed by atoms with Crippen LogP contribution in [0.4, 0.5) is 11.4 Å². The molecule has 4 rings (SSSR count). The van der Waals surface area contributed by atoms with Crippen LogP contribution in [-0.4, -0.2) is 25.8 Å². The summed E-state index contributed by atoms with van der Waals surface area (Å²) in [5, 5.41) is 11.6. The topological polar surface area (TPSA) is 110 Å². The maximum atomic E-state index is 13.4. The fourth-order valence-corrected chi connectivity index (χ4v) is 5.07. The summed E-state index contributed by atoms with van der Waals surface area (Å²) in [5.41, 5.74) is 1.80. The Bertz CT molecular complexity index is 1330. The number of rotatable bonds is 6. The predicted molar refractivity (Wildman–Crippen MR) is 128 cm³/mol. The maximum Gasteiger partial charge on any atom is 0.282 e. The Morgan fingerprint density at radius 1 is 1.09 bits per heavy atom. The zero-order valence-corrected chi connectivity index (χ0v) is 19.8. The standard InChI is InChI=1S/C23H20BrN3O5S/c24-18-8-10-19(11-9-18)33(31,32)25-15-16-7-12-22(27(29)30)20(14-16)23(28)26-13-3-5-17-4-1-2-6-21(17)26/h1-2,4,6-12,14,25H,3,5,13,15H2. The Morgan fingerprint density at radius 2 is 1.82 bits per heavy atom. The van der Waals surface area contributed by atoms with Crippen LogP contribution in [0.3, 0.4) is 0 Å². The van der Waals surface area contributed by atoms with Gasteiger partial charge in [0.25, 0.3) is 11.6 Å². The van der Waals surface area contributed by atoms with E-state index in [1.54, 1.807) is 17.0 Å². The average molecular weight is 530 g/mol. The number of nitro groups is 1. The molecular weight excluding hydrogens is 510 g/mol. The van der Waals surface area contributed by atoms with Gasteiger partial charge < -0.3 is 4.90 Å². The molecule has 1 heterocycles. The van der Waals surface area contributed by atoms with Crippen LogP contribution in [0.2, 0.25) is 0 Å². The lowest BCUT2D eigenvalue weighted by Crippen LogP contribution is -2.36. The monoisotopic (exact) mass is 529 g/mol. The molecule has 0 fully saturated rings. The first-order valence-electron chi connectivity index (χ1n) is 10.2. The van der Waals surface area contributed by atoms with Crippen LogP contribution in [-0.2, 0) is 23.0 Å². The van der Waals surface area contributed by atoms with Crippen LogP contribution in [0.25, 0.3) is 0 Å². The average Bonchev–Trinajstić information content (AvgIpc) is 2.82. The Labute approximate surface area is 199 Å². The van der Waals surface area contributed by atoms with Crippen LogP contribution in [0.5, 0.6) is 0 Å². The molecule has 1 aliphatic heterocycles. The zero-order chi connectivity index (χ0) is 23.6. The van der Waals surface area contributed by atoms with Gasteiger partial charge in [0.1, 0.15) is 5.56 Å². The van der Waals surface area contributed by atoms with Gasteiger partial charge in [0.05, 0.1) is 9.82 Å². The van der Waals surface area contributed by atoms with Crippen molar-refractivity contribution in [3.05, 3.63) is 98.0 Å². The number of hydrogen-bond donors (Lipinski definition) is 1. The minimum Gasteiger partial charge on any atom is -0.308 e. The fraction of sp³-hybridized carbons (Fsp3) is 0.174. The molecule has 33 heavy (non-hydrogen) atoms. The summed E-state index contributed by atoms with van der Waals surface area (Å²) in [4.78, 5) is 26.0. The highest BCUT2D eigenvalue weighted by molar-refractivity contribution is 9.10. The molecule has 1 N–H and O–H groups in total. The minimum atomic E-state index is -3.80. The van der Waals surface area contributed by atoms with Crippen LogP contribution >= 0.6 is 15.9 Å². The van der Waals surface area contributed by atoms with Gasteiger partial charge in [0.15, 0.2) is 0 Å². The van der Waals surface area contributed by atoms with Crippen molar-refractivity contribution in [3.63, 3.8) is 0 Å². The predicted octanol–water partition coefficient (Wildman–Crippen LogP) is 4.43. The van der Waals surface area contributed by atoms with Gasteiger partial charge in [-0.25, -0.2) is 13.1 Å². The first kappa shape index (κ1) is 23.1. The molecule has 10 heteroatoms. The first-order chi connectivity index (χ1) is 15.8. The van der Waals surface area contributed by atoms with Gasteiger partial charge in [-0.15, -0.1) is 0 Å². The molecule has 3 aromatic carbocycles. The van der Waals surface area contributed by atoms with Crippen molar-refractivity contribution in [2.75, 3.05) is 11.4 Å². The van der Waals surface area contributed by atoms with E-state index in [0.717, 1.165) is 28.6 Å². The van der Waals surface area contributed by atoms with E-state index in [0.29, 0.717) is 12.1 Å². The number of nitrogens with zero attached hydrogens (tertiary/aromatic N) is 2. The maximum absolute atomic E-state index is 13.4. The Balaban J connectivity index is 1.62. The molecule has 1 aliphatic rings. The van der Waals surface area contributed by atoms with Gasteiger partial charge in [-0.1, -0.05) is 40.2 Å². The molecule has 0 bridgehead atoms. The molecule has 0 aromatic heterocycles. The number of sulfonamides is 1. The Kier molecular flexibility index (Phi) is 6.59. The highest BCUT2D eigenvalue weighted by atomic mass is 79.9. The molecule has 8 nitrogen and oxygen atoms in total. The van der Waals surface area contributed by atoms with Gasteiger partial charge in [-0.3, -0.25) is 14.9 Å². The van der Waals surface area contributed by atoms with E-state index < -0.39 is 20.9 Å². The van der Waals surface area contributed by atoms with E-state index in [1.165, 1.54) is 30.3 Å². The van der Waals surface area contributed by atoms with Crippen LogP contribution in [0.15, 0.2) is 76.1 Å². The van der Waals surface area contributed by atoms with Crippen molar-refractivity contribution < 1.29 is 18.1 Å². The van der Waals surface area contributed by atoms with Gasteiger partial charge >= 0.3 is 0 Å². The van der Waals surface area contributed by atoms with Gasteiger partial charge in [0, 0.05) is 29.3 Å². The van der Waals surface area contributed by atoms with Crippen molar-refractivity contribution in [2.45, 2.75) is 24.3 Å². The second kappa shape index (κ2) is 9.42.